The van der Waals surface area contributed by atoms with E-state index in [-0.39, 0.29) is 35.7 Å². The topological polar surface area (TPSA) is 83.3 Å². The first-order valence-corrected chi connectivity index (χ1v) is 14.0. The number of carbonyl (C=O) groups excluding carboxylic acids is 3. The van der Waals surface area contributed by atoms with Crippen LogP contribution in [-0.4, -0.2) is 57.4 Å². The van der Waals surface area contributed by atoms with Crippen LogP contribution in [0.4, 0.5) is 0 Å². The number of quaternary nitrogens is 1. The van der Waals surface area contributed by atoms with E-state index in [0.29, 0.717) is 39.5 Å². The zero-order valence-electron chi connectivity index (χ0n) is 21.0. The molecule has 0 atom stereocenters. The molecule has 34 heavy (non-hydrogen) atoms. The molecule has 194 valence electrons. The van der Waals surface area contributed by atoms with Crippen molar-refractivity contribution in [1.82, 2.24) is 0 Å². The highest BCUT2D eigenvalue weighted by Gasteiger charge is 2.25. The first kappa shape index (κ1) is 27.0. The molecule has 0 unspecified atom stereocenters. The Hall–Kier alpha value is -1.63. The summed E-state index contributed by atoms with van der Waals surface area (Å²) in [5.41, 5.74) is 0. The molecular formula is C27H46NO6+. The maximum atomic E-state index is 12.4. The van der Waals surface area contributed by atoms with Crippen molar-refractivity contribution in [1.29, 1.82) is 0 Å². The van der Waals surface area contributed by atoms with Crippen LogP contribution in [0.1, 0.15) is 96.3 Å². The Morgan fingerprint density at radius 2 is 0.735 bits per heavy atom. The molecular weight excluding hydrogens is 434 g/mol. The summed E-state index contributed by atoms with van der Waals surface area (Å²) in [4.78, 5) is 38.2. The summed E-state index contributed by atoms with van der Waals surface area (Å²) in [6.45, 7) is 2.91. The van der Waals surface area contributed by atoms with Gasteiger partial charge in [-0.15, -0.1) is 0 Å². The zero-order valence-corrected chi connectivity index (χ0v) is 21.0. The van der Waals surface area contributed by atoms with Gasteiger partial charge in [0.05, 0.1) is 17.8 Å². The number of carbonyl (C=O) groups is 3. The molecule has 0 aromatic carbocycles. The van der Waals surface area contributed by atoms with E-state index in [0.717, 1.165) is 81.9 Å². The minimum atomic E-state index is -0.0773. The number of rotatable bonds is 12. The fraction of sp³-hybridized carbons (Fsp3) is 0.889. The maximum absolute atomic E-state index is 12.4. The third-order valence-electron chi connectivity index (χ3n) is 7.92. The van der Waals surface area contributed by atoms with Gasteiger partial charge in [0.1, 0.15) is 39.5 Å². The van der Waals surface area contributed by atoms with E-state index >= 15 is 0 Å². The second-order valence-electron chi connectivity index (χ2n) is 10.5. The molecule has 3 aliphatic carbocycles. The van der Waals surface area contributed by atoms with Crippen LogP contribution in [0, 0.1) is 17.8 Å². The molecule has 0 radical (unpaired) electrons. The van der Waals surface area contributed by atoms with Gasteiger partial charge in [-0.1, -0.05) is 57.8 Å². The Morgan fingerprint density at radius 1 is 0.471 bits per heavy atom. The van der Waals surface area contributed by atoms with Crippen molar-refractivity contribution < 1.29 is 33.5 Å². The lowest BCUT2D eigenvalue weighted by atomic mass is 9.89. The number of nitrogens with one attached hydrogen (secondary N) is 1. The highest BCUT2D eigenvalue weighted by molar-refractivity contribution is 5.73. The lowest BCUT2D eigenvalue weighted by Gasteiger charge is -2.24. The van der Waals surface area contributed by atoms with E-state index in [9.17, 15) is 14.4 Å². The molecule has 0 bridgehead atoms. The minimum Gasteiger partial charge on any atom is -0.459 e. The van der Waals surface area contributed by atoms with Gasteiger partial charge in [-0.05, 0) is 38.5 Å². The molecule has 7 nitrogen and oxygen atoms in total. The summed E-state index contributed by atoms with van der Waals surface area (Å²) in [7, 11) is 0. The number of esters is 3. The van der Waals surface area contributed by atoms with E-state index in [1.165, 1.54) is 19.3 Å². The van der Waals surface area contributed by atoms with Crippen molar-refractivity contribution >= 4 is 17.9 Å². The smallest absolute Gasteiger partial charge is 0.309 e. The van der Waals surface area contributed by atoms with Crippen molar-refractivity contribution in [3.63, 3.8) is 0 Å². The van der Waals surface area contributed by atoms with Crippen LogP contribution in [0.5, 0.6) is 0 Å². The third-order valence-corrected chi connectivity index (χ3v) is 7.92. The fourth-order valence-corrected chi connectivity index (χ4v) is 5.63. The second-order valence-corrected chi connectivity index (χ2v) is 10.5. The number of hydrogen-bond acceptors (Lipinski definition) is 6. The van der Waals surface area contributed by atoms with Gasteiger partial charge in [0.25, 0.3) is 0 Å². The predicted molar refractivity (Wildman–Crippen MR) is 128 cm³/mol. The Bertz CT molecular complexity index is 535. The zero-order chi connectivity index (χ0) is 24.0. The molecule has 0 aromatic rings. The third kappa shape index (κ3) is 9.55. The number of ether oxygens (including phenoxy) is 3. The Balaban J connectivity index is 1.39. The van der Waals surface area contributed by atoms with Crippen molar-refractivity contribution in [3.05, 3.63) is 0 Å². The highest BCUT2D eigenvalue weighted by atomic mass is 16.5. The van der Waals surface area contributed by atoms with Crippen LogP contribution in [-0.2, 0) is 28.6 Å². The van der Waals surface area contributed by atoms with Gasteiger partial charge in [-0.3, -0.25) is 14.4 Å². The van der Waals surface area contributed by atoms with Crippen LogP contribution in [0.3, 0.4) is 0 Å². The first-order chi connectivity index (χ1) is 16.6. The first-order valence-electron chi connectivity index (χ1n) is 14.0. The fourth-order valence-electron chi connectivity index (χ4n) is 5.63. The van der Waals surface area contributed by atoms with E-state index in [1.807, 2.05) is 0 Å². The van der Waals surface area contributed by atoms with E-state index in [1.54, 1.807) is 0 Å². The van der Waals surface area contributed by atoms with Gasteiger partial charge < -0.3 is 19.1 Å². The summed E-state index contributed by atoms with van der Waals surface area (Å²) < 4.78 is 16.7. The average molecular weight is 481 g/mol. The molecule has 0 aliphatic heterocycles. The summed E-state index contributed by atoms with van der Waals surface area (Å²) in [6.07, 6.45) is 15.9. The SMILES string of the molecule is O=C(OCC[NH+](CCOC(=O)C1CCCCC1)CCOC(=O)C1CCCCC1)C1CCCCC1. The normalized spacial score (nSPS) is 20.7. The van der Waals surface area contributed by atoms with Gasteiger partial charge in [0.2, 0.25) is 0 Å². The predicted octanol–water partition coefficient (Wildman–Crippen LogP) is 3.24. The molecule has 0 spiro atoms. The Morgan fingerprint density at radius 3 is 1.00 bits per heavy atom. The molecule has 1 N–H and O–H groups in total. The van der Waals surface area contributed by atoms with Gasteiger partial charge in [-0.25, -0.2) is 0 Å². The van der Waals surface area contributed by atoms with Crippen molar-refractivity contribution in [2.75, 3.05) is 39.5 Å². The molecule has 0 saturated heterocycles. The van der Waals surface area contributed by atoms with Gasteiger partial charge >= 0.3 is 17.9 Å². The van der Waals surface area contributed by atoms with Gasteiger partial charge in [0.15, 0.2) is 0 Å². The standard InChI is InChI=1S/C27H45NO6/c29-25(22-10-4-1-5-11-22)32-19-16-28(17-20-33-26(30)23-12-6-2-7-13-23)18-21-34-27(31)24-14-8-3-9-15-24/h22-24H,1-21H2/p+1. The van der Waals surface area contributed by atoms with Crippen molar-refractivity contribution in [3.8, 4) is 0 Å². The summed E-state index contributed by atoms with van der Waals surface area (Å²) in [5.74, 6) is -0.0928. The molecule has 3 aliphatic rings. The quantitative estimate of drug-likeness (QED) is 0.341. The highest BCUT2D eigenvalue weighted by Crippen LogP contribution is 2.26. The van der Waals surface area contributed by atoms with Crippen LogP contribution < -0.4 is 4.90 Å². The molecule has 3 saturated carbocycles. The molecule has 0 amide bonds. The van der Waals surface area contributed by atoms with Crippen molar-refractivity contribution in [2.45, 2.75) is 96.3 Å². The second kappa shape index (κ2) is 15.4. The van der Waals surface area contributed by atoms with E-state index < -0.39 is 0 Å². The molecule has 0 heterocycles. The Kier molecular flexibility index (Phi) is 12.2. The van der Waals surface area contributed by atoms with Crippen LogP contribution >= 0.6 is 0 Å². The number of hydrogen-bond donors (Lipinski definition) is 1. The minimum absolute atomic E-state index is 0.0464. The molecule has 0 aromatic heterocycles. The molecule has 3 fully saturated rings. The van der Waals surface area contributed by atoms with Gasteiger partial charge in [-0.2, -0.15) is 0 Å². The van der Waals surface area contributed by atoms with Crippen LogP contribution in [0.2, 0.25) is 0 Å². The van der Waals surface area contributed by atoms with Crippen molar-refractivity contribution in [2.24, 2.45) is 17.8 Å². The van der Waals surface area contributed by atoms with Crippen LogP contribution in [0.25, 0.3) is 0 Å². The molecule has 7 heteroatoms. The van der Waals surface area contributed by atoms with Crippen LogP contribution in [0.15, 0.2) is 0 Å². The summed E-state index contributed by atoms with van der Waals surface area (Å²) in [6, 6.07) is 0. The largest absolute Gasteiger partial charge is 0.459 e. The van der Waals surface area contributed by atoms with Gasteiger partial charge in [0, 0.05) is 0 Å². The lowest BCUT2D eigenvalue weighted by molar-refractivity contribution is -0.900. The van der Waals surface area contributed by atoms with E-state index in [2.05, 4.69) is 0 Å². The maximum Gasteiger partial charge on any atom is 0.309 e. The van der Waals surface area contributed by atoms with E-state index in [4.69, 9.17) is 14.2 Å². The molecule has 3 rings (SSSR count). The Labute approximate surface area is 205 Å². The lowest BCUT2D eigenvalue weighted by Crippen LogP contribution is -3.13. The monoisotopic (exact) mass is 480 g/mol. The summed E-state index contributed by atoms with van der Waals surface area (Å²) in [5, 5.41) is 0. The summed E-state index contributed by atoms with van der Waals surface area (Å²) >= 11 is 0. The average Bonchev–Trinajstić information content (AvgIpc) is 2.89.